The van der Waals surface area contributed by atoms with E-state index in [9.17, 15) is 18.0 Å². The summed E-state index contributed by atoms with van der Waals surface area (Å²) >= 11 is 0. The van der Waals surface area contributed by atoms with E-state index < -0.39 is 24.6 Å². The van der Waals surface area contributed by atoms with Gasteiger partial charge in [-0.15, -0.1) is 0 Å². The van der Waals surface area contributed by atoms with Crippen LogP contribution in [0.25, 0.3) is 0 Å². The quantitative estimate of drug-likeness (QED) is 0.837. The van der Waals surface area contributed by atoms with Crippen molar-refractivity contribution in [3.8, 4) is 0 Å². The van der Waals surface area contributed by atoms with Gasteiger partial charge >= 0.3 is 12.1 Å². The van der Waals surface area contributed by atoms with Crippen molar-refractivity contribution in [3.05, 3.63) is 35.4 Å². The number of benzene rings is 1. The molecule has 1 rings (SSSR count). The van der Waals surface area contributed by atoms with Crippen molar-refractivity contribution in [1.29, 1.82) is 0 Å². The van der Waals surface area contributed by atoms with Crippen molar-refractivity contribution in [3.63, 3.8) is 0 Å². The van der Waals surface area contributed by atoms with Gasteiger partial charge in [-0.05, 0) is 11.1 Å². The van der Waals surface area contributed by atoms with Crippen LogP contribution in [0.15, 0.2) is 24.3 Å². The summed E-state index contributed by atoms with van der Waals surface area (Å²) < 4.78 is 36.3. The van der Waals surface area contributed by atoms with Crippen molar-refractivity contribution in [2.45, 2.75) is 18.6 Å². The number of halogens is 3. The van der Waals surface area contributed by atoms with Crippen LogP contribution < -0.4 is 5.73 Å². The van der Waals surface area contributed by atoms with Crippen LogP contribution in [0, 0.1) is 0 Å². The molecule has 1 atom stereocenters. The molecule has 3 nitrogen and oxygen atoms in total. The Hall–Kier alpha value is -1.56. The highest BCUT2D eigenvalue weighted by atomic mass is 19.4. The number of rotatable bonds is 3. The summed E-state index contributed by atoms with van der Waals surface area (Å²) in [5.41, 5.74) is 5.45. The molecule has 16 heavy (non-hydrogen) atoms. The first-order chi connectivity index (χ1) is 7.29. The molecule has 1 aromatic rings. The minimum Gasteiger partial charge on any atom is -0.480 e. The Morgan fingerprint density at radius 1 is 1.44 bits per heavy atom. The Morgan fingerprint density at radius 2 is 2.06 bits per heavy atom. The Bertz CT molecular complexity index is 390. The summed E-state index contributed by atoms with van der Waals surface area (Å²) in [5, 5.41) is 8.61. The van der Waals surface area contributed by atoms with Crippen LogP contribution in [0.2, 0.25) is 0 Å². The Kier molecular flexibility index (Phi) is 3.54. The van der Waals surface area contributed by atoms with Gasteiger partial charge in [0.15, 0.2) is 0 Å². The molecule has 0 aliphatic rings. The number of carboxylic acid groups (broad SMARTS) is 1. The predicted octanol–water partition coefficient (Wildman–Crippen LogP) is 1.88. The molecule has 0 aromatic heterocycles. The summed E-state index contributed by atoms with van der Waals surface area (Å²) in [4.78, 5) is 10.5. The number of hydrogen-bond donors (Lipinski definition) is 2. The highest BCUT2D eigenvalue weighted by Gasteiger charge is 2.28. The van der Waals surface area contributed by atoms with Crippen molar-refractivity contribution in [2.75, 3.05) is 0 Å². The maximum Gasteiger partial charge on any atom is 0.393 e. The van der Waals surface area contributed by atoms with E-state index in [1.807, 2.05) is 0 Å². The lowest BCUT2D eigenvalue weighted by molar-refractivity contribution is -0.138. The average molecular weight is 233 g/mol. The van der Waals surface area contributed by atoms with Gasteiger partial charge in [0, 0.05) is 0 Å². The van der Waals surface area contributed by atoms with Crippen LogP contribution in [-0.4, -0.2) is 17.3 Å². The molecule has 0 aliphatic carbocycles. The molecule has 1 unspecified atom stereocenters. The number of hydrogen-bond acceptors (Lipinski definition) is 2. The van der Waals surface area contributed by atoms with Crippen molar-refractivity contribution >= 4 is 5.97 Å². The molecule has 88 valence electrons. The van der Waals surface area contributed by atoms with Crippen LogP contribution in [0.3, 0.4) is 0 Å². The zero-order valence-electron chi connectivity index (χ0n) is 8.16. The summed E-state index contributed by atoms with van der Waals surface area (Å²) in [5.74, 6) is -1.27. The number of alkyl halides is 3. The van der Waals surface area contributed by atoms with Gasteiger partial charge in [0.25, 0.3) is 0 Å². The third-order valence-electron chi connectivity index (χ3n) is 1.98. The lowest BCUT2D eigenvalue weighted by Crippen LogP contribution is -2.21. The molecule has 0 bridgehead atoms. The number of nitrogens with two attached hydrogens (primary N) is 1. The molecule has 0 heterocycles. The second-order valence-electron chi connectivity index (χ2n) is 3.35. The molecule has 0 radical (unpaired) electrons. The summed E-state index contributed by atoms with van der Waals surface area (Å²) in [6.45, 7) is 0. The topological polar surface area (TPSA) is 63.3 Å². The fourth-order valence-corrected chi connectivity index (χ4v) is 1.27. The molecule has 0 amide bonds. The Morgan fingerprint density at radius 3 is 2.56 bits per heavy atom. The van der Waals surface area contributed by atoms with E-state index in [2.05, 4.69) is 0 Å². The van der Waals surface area contributed by atoms with Gasteiger partial charge in [-0.2, -0.15) is 13.2 Å². The molecule has 6 heteroatoms. The van der Waals surface area contributed by atoms with Gasteiger partial charge in [-0.25, -0.2) is 0 Å². The first-order valence-corrected chi connectivity index (χ1v) is 4.43. The summed E-state index contributed by atoms with van der Waals surface area (Å²) in [6, 6.07) is 3.89. The van der Waals surface area contributed by atoms with Crippen LogP contribution in [-0.2, 0) is 11.2 Å². The Balaban J connectivity index is 2.91. The van der Waals surface area contributed by atoms with E-state index in [-0.39, 0.29) is 11.1 Å². The standard InChI is InChI=1S/C10H10F3NO2/c11-10(12,13)5-6-2-1-3-7(4-6)8(14)9(15)16/h1-4,8H,5,14H2,(H,15,16). The average Bonchev–Trinajstić information content (AvgIpc) is 2.14. The van der Waals surface area contributed by atoms with E-state index in [1.54, 1.807) is 0 Å². The highest BCUT2D eigenvalue weighted by molar-refractivity contribution is 5.75. The van der Waals surface area contributed by atoms with Gasteiger partial charge in [0.2, 0.25) is 0 Å². The molecule has 0 aliphatic heterocycles. The van der Waals surface area contributed by atoms with E-state index in [4.69, 9.17) is 10.8 Å². The van der Waals surface area contributed by atoms with E-state index >= 15 is 0 Å². The summed E-state index contributed by atoms with van der Waals surface area (Å²) in [7, 11) is 0. The van der Waals surface area contributed by atoms with Crippen LogP contribution in [0.4, 0.5) is 13.2 Å². The maximum absolute atomic E-state index is 12.1. The van der Waals surface area contributed by atoms with Crippen molar-refractivity contribution in [2.24, 2.45) is 5.73 Å². The lowest BCUT2D eigenvalue weighted by atomic mass is 10.0. The molecule has 0 fully saturated rings. The normalized spacial score (nSPS) is 13.5. The van der Waals surface area contributed by atoms with Gasteiger partial charge in [-0.3, -0.25) is 4.79 Å². The molecule has 1 aromatic carbocycles. The van der Waals surface area contributed by atoms with Crippen molar-refractivity contribution < 1.29 is 23.1 Å². The second kappa shape index (κ2) is 4.52. The molecule has 0 saturated heterocycles. The van der Waals surface area contributed by atoms with Crippen LogP contribution >= 0.6 is 0 Å². The zero-order chi connectivity index (χ0) is 12.3. The maximum atomic E-state index is 12.1. The van der Waals surface area contributed by atoms with E-state index in [0.717, 1.165) is 6.07 Å². The van der Waals surface area contributed by atoms with Crippen LogP contribution in [0.5, 0.6) is 0 Å². The minimum absolute atomic E-state index is 0.00157. The van der Waals surface area contributed by atoms with E-state index in [1.165, 1.54) is 18.2 Å². The zero-order valence-corrected chi connectivity index (χ0v) is 8.16. The van der Waals surface area contributed by atoms with Crippen LogP contribution in [0.1, 0.15) is 17.2 Å². The van der Waals surface area contributed by atoms with E-state index in [0.29, 0.717) is 0 Å². The highest BCUT2D eigenvalue weighted by Crippen LogP contribution is 2.22. The summed E-state index contributed by atoms with van der Waals surface area (Å²) in [6.07, 6.45) is -5.40. The second-order valence-corrected chi connectivity index (χ2v) is 3.35. The molecule has 0 saturated carbocycles. The minimum atomic E-state index is -4.31. The first kappa shape index (κ1) is 12.5. The number of carbonyl (C=O) groups is 1. The molecular formula is C10H10F3NO2. The van der Waals surface area contributed by atoms with Gasteiger partial charge < -0.3 is 10.8 Å². The van der Waals surface area contributed by atoms with Gasteiger partial charge in [0.05, 0.1) is 6.42 Å². The fraction of sp³-hybridized carbons (Fsp3) is 0.300. The van der Waals surface area contributed by atoms with Gasteiger partial charge in [0.1, 0.15) is 6.04 Å². The molecule has 0 spiro atoms. The smallest absolute Gasteiger partial charge is 0.393 e. The monoisotopic (exact) mass is 233 g/mol. The first-order valence-electron chi connectivity index (χ1n) is 4.43. The predicted molar refractivity (Wildman–Crippen MR) is 50.8 cm³/mol. The largest absolute Gasteiger partial charge is 0.480 e. The van der Waals surface area contributed by atoms with Gasteiger partial charge in [-0.1, -0.05) is 24.3 Å². The number of carboxylic acids is 1. The lowest BCUT2D eigenvalue weighted by Gasteiger charge is -2.10. The third-order valence-corrected chi connectivity index (χ3v) is 1.98. The Labute approximate surface area is 89.7 Å². The third kappa shape index (κ3) is 3.54. The molecular weight excluding hydrogens is 223 g/mol. The SMILES string of the molecule is NC(C(=O)O)c1cccc(CC(F)(F)F)c1. The number of aliphatic carboxylic acids is 1. The fourth-order valence-electron chi connectivity index (χ4n) is 1.27. The van der Waals surface area contributed by atoms with Crippen molar-refractivity contribution in [1.82, 2.24) is 0 Å². The molecule has 3 N–H and O–H groups in total.